The number of carbonyl (C=O) groups is 4. The fraction of sp³-hybridized carbons (Fsp3) is 0.667. The van der Waals surface area contributed by atoms with Gasteiger partial charge in [-0.1, -0.05) is 0 Å². The van der Waals surface area contributed by atoms with Crippen LogP contribution in [-0.2, 0) is 14.4 Å². The van der Waals surface area contributed by atoms with Crippen molar-refractivity contribution in [1.82, 2.24) is 15.5 Å². The largest absolute Gasteiger partial charge is 0.352 e. The Morgan fingerprint density at radius 2 is 1.95 bits per heavy atom. The third-order valence-electron chi connectivity index (χ3n) is 3.45. The summed E-state index contributed by atoms with van der Waals surface area (Å²) >= 11 is 0. The van der Waals surface area contributed by atoms with Gasteiger partial charge in [0, 0.05) is 6.04 Å². The van der Waals surface area contributed by atoms with E-state index in [1.54, 1.807) is 0 Å². The summed E-state index contributed by atoms with van der Waals surface area (Å²) in [5.41, 5.74) is -1.35. The lowest BCUT2D eigenvalue weighted by Crippen LogP contribution is -2.66. The van der Waals surface area contributed by atoms with Crippen LogP contribution < -0.4 is 10.6 Å². The van der Waals surface area contributed by atoms with Crippen LogP contribution in [0.2, 0.25) is 0 Å². The van der Waals surface area contributed by atoms with Crippen LogP contribution in [0.25, 0.3) is 0 Å². The maximum Gasteiger partial charge on any atom is 0.331 e. The SMILES string of the molecule is CC(C(=O)NC1CC1)N1C(=O)NC(=O)C(C)(C)C1=O. The minimum absolute atomic E-state index is 0.146. The number of amides is 5. The minimum atomic E-state index is -1.35. The number of urea groups is 1. The van der Waals surface area contributed by atoms with E-state index in [1.165, 1.54) is 20.8 Å². The van der Waals surface area contributed by atoms with Crippen molar-refractivity contribution in [3.05, 3.63) is 0 Å². The fourth-order valence-corrected chi connectivity index (χ4v) is 1.82. The van der Waals surface area contributed by atoms with Crippen molar-refractivity contribution in [3.8, 4) is 0 Å². The molecule has 0 aromatic rings. The number of imide groups is 2. The molecule has 7 heteroatoms. The van der Waals surface area contributed by atoms with Crippen LogP contribution in [0.3, 0.4) is 0 Å². The summed E-state index contributed by atoms with van der Waals surface area (Å²) in [4.78, 5) is 48.2. The van der Waals surface area contributed by atoms with Crippen molar-refractivity contribution in [2.45, 2.75) is 45.7 Å². The van der Waals surface area contributed by atoms with Gasteiger partial charge in [0.25, 0.3) is 0 Å². The van der Waals surface area contributed by atoms with Gasteiger partial charge in [-0.15, -0.1) is 0 Å². The highest BCUT2D eigenvalue weighted by Crippen LogP contribution is 2.25. The summed E-state index contributed by atoms with van der Waals surface area (Å²) in [5.74, 6) is -1.68. The van der Waals surface area contributed by atoms with E-state index in [0.717, 1.165) is 17.7 Å². The molecule has 1 saturated carbocycles. The van der Waals surface area contributed by atoms with Crippen molar-refractivity contribution < 1.29 is 19.2 Å². The molecule has 0 spiro atoms. The third-order valence-corrected chi connectivity index (χ3v) is 3.45. The zero-order chi connectivity index (χ0) is 14.4. The average molecular weight is 267 g/mol. The van der Waals surface area contributed by atoms with Gasteiger partial charge in [-0.2, -0.15) is 0 Å². The molecule has 1 heterocycles. The fourth-order valence-electron chi connectivity index (χ4n) is 1.82. The standard InChI is InChI=1S/C12H17N3O4/c1-6(8(16)13-7-4-5-7)15-10(18)12(2,3)9(17)14-11(15)19/h6-7H,4-5H2,1-3H3,(H,13,16)(H,14,17,19). The van der Waals surface area contributed by atoms with Gasteiger partial charge in [0.05, 0.1) is 0 Å². The van der Waals surface area contributed by atoms with Crippen molar-refractivity contribution in [1.29, 1.82) is 0 Å². The van der Waals surface area contributed by atoms with E-state index in [0.29, 0.717) is 0 Å². The Hall–Kier alpha value is -1.92. The highest BCUT2D eigenvalue weighted by molar-refractivity contribution is 6.19. The highest BCUT2D eigenvalue weighted by atomic mass is 16.2. The van der Waals surface area contributed by atoms with Gasteiger partial charge in [0.15, 0.2) is 0 Å². The van der Waals surface area contributed by atoms with Crippen molar-refractivity contribution in [2.24, 2.45) is 5.41 Å². The maximum absolute atomic E-state index is 12.2. The second-order valence-electron chi connectivity index (χ2n) is 5.52. The zero-order valence-electron chi connectivity index (χ0n) is 11.1. The van der Waals surface area contributed by atoms with Gasteiger partial charge < -0.3 is 5.32 Å². The molecule has 1 aliphatic carbocycles. The van der Waals surface area contributed by atoms with Gasteiger partial charge in [0.1, 0.15) is 11.5 Å². The summed E-state index contributed by atoms with van der Waals surface area (Å²) in [6.07, 6.45) is 1.84. The van der Waals surface area contributed by atoms with Crippen molar-refractivity contribution in [2.75, 3.05) is 0 Å². The smallest absolute Gasteiger partial charge is 0.331 e. The Morgan fingerprint density at radius 3 is 2.47 bits per heavy atom. The molecular weight excluding hydrogens is 250 g/mol. The number of nitrogens with one attached hydrogen (secondary N) is 2. The monoisotopic (exact) mass is 267 g/mol. The Bertz CT molecular complexity index is 468. The molecule has 0 aromatic heterocycles. The van der Waals surface area contributed by atoms with E-state index in [9.17, 15) is 19.2 Å². The normalized spacial score (nSPS) is 23.9. The molecule has 104 valence electrons. The van der Waals surface area contributed by atoms with Gasteiger partial charge in [-0.3, -0.25) is 24.6 Å². The van der Waals surface area contributed by atoms with Crippen LogP contribution in [0, 0.1) is 5.41 Å². The number of carbonyl (C=O) groups excluding carboxylic acids is 4. The Balaban J connectivity index is 2.16. The average Bonchev–Trinajstić information content (AvgIpc) is 3.10. The van der Waals surface area contributed by atoms with E-state index in [4.69, 9.17) is 0 Å². The Labute approximate surface area is 110 Å². The molecule has 1 aliphatic heterocycles. The molecule has 2 fully saturated rings. The van der Waals surface area contributed by atoms with Crippen LogP contribution in [0.1, 0.15) is 33.6 Å². The molecular formula is C12H17N3O4. The predicted molar refractivity (Wildman–Crippen MR) is 64.8 cm³/mol. The van der Waals surface area contributed by atoms with E-state index >= 15 is 0 Å². The van der Waals surface area contributed by atoms with Gasteiger partial charge in [-0.05, 0) is 33.6 Å². The number of barbiturate groups is 1. The first-order valence-electron chi connectivity index (χ1n) is 6.24. The molecule has 0 aromatic carbocycles. The third kappa shape index (κ3) is 2.32. The first-order valence-corrected chi connectivity index (χ1v) is 6.24. The second-order valence-corrected chi connectivity index (χ2v) is 5.52. The van der Waals surface area contributed by atoms with E-state index in [-0.39, 0.29) is 11.9 Å². The lowest BCUT2D eigenvalue weighted by atomic mass is 9.88. The Morgan fingerprint density at radius 1 is 1.37 bits per heavy atom. The molecule has 2 N–H and O–H groups in total. The van der Waals surface area contributed by atoms with E-state index in [1.807, 2.05) is 0 Å². The van der Waals surface area contributed by atoms with Gasteiger partial charge in [0.2, 0.25) is 17.7 Å². The molecule has 0 radical (unpaired) electrons. The molecule has 7 nitrogen and oxygen atoms in total. The molecule has 5 amide bonds. The number of hydrogen-bond donors (Lipinski definition) is 2. The number of nitrogens with zero attached hydrogens (tertiary/aromatic N) is 1. The second kappa shape index (κ2) is 4.32. The molecule has 19 heavy (non-hydrogen) atoms. The Kier molecular flexibility index (Phi) is 3.07. The van der Waals surface area contributed by atoms with Crippen molar-refractivity contribution in [3.63, 3.8) is 0 Å². The molecule has 0 bridgehead atoms. The van der Waals surface area contributed by atoms with Crippen molar-refractivity contribution >= 4 is 23.8 Å². The molecule has 2 aliphatic rings. The molecule has 1 saturated heterocycles. The van der Waals surface area contributed by atoms with Gasteiger partial charge >= 0.3 is 6.03 Å². The lowest BCUT2D eigenvalue weighted by Gasteiger charge is -2.37. The van der Waals surface area contributed by atoms with Crippen LogP contribution in [0.4, 0.5) is 4.79 Å². The first kappa shape index (κ1) is 13.5. The molecule has 1 atom stereocenters. The topological polar surface area (TPSA) is 95.6 Å². The minimum Gasteiger partial charge on any atom is -0.352 e. The number of hydrogen-bond acceptors (Lipinski definition) is 4. The quantitative estimate of drug-likeness (QED) is 0.690. The zero-order valence-corrected chi connectivity index (χ0v) is 11.1. The summed E-state index contributed by atoms with van der Waals surface area (Å²) in [6, 6.07) is -1.62. The predicted octanol–water partition coefficient (Wildman–Crippen LogP) is -0.242. The first-order chi connectivity index (χ1) is 8.75. The molecule has 1 unspecified atom stereocenters. The highest BCUT2D eigenvalue weighted by Gasteiger charge is 2.49. The van der Waals surface area contributed by atoms with Crippen LogP contribution in [0.5, 0.6) is 0 Å². The van der Waals surface area contributed by atoms with Crippen LogP contribution >= 0.6 is 0 Å². The van der Waals surface area contributed by atoms with Crippen LogP contribution in [-0.4, -0.2) is 40.7 Å². The summed E-state index contributed by atoms with van der Waals surface area (Å²) < 4.78 is 0. The molecule has 2 rings (SSSR count). The maximum atomic E-state index is 12.2. The van der Waals surface area contributed by atoms with E-state index < -0.39 is 29.3 Å². The van der Waals surface area contributed by atoms with Crippen LogP contribution in [0.15, 0.2) is 0 Å². The van der Waals surface area contributed by atoms with Gasteiger partial charge in [-0.25, -0.2) is 4.79 Å². The lowest BCUT2D eigenvalue weighted by molar-refractivity contribution is -0.152. The summed E-state index contributed by atoms with van der Waals surface area (Å²) in [5, 5.41) is 4.83. The number of rotatable bonds is 3. The summed E-state index contributed by atoms with van der Waals surface area (Å²) in [7, 11) is 0. The van der Waals surface area contributed by atoms with E-state index in [2.05, 4.69) is 10.6 Å². The summed E-state index contributed by atoms with van der Waals surface area (Å²) in [6.45, 7) is 4.33.